The van der Waals surface area contributed by atoms with Gasteiger partial charge in [-0.25, -0.2) is 0 Å². The molecule has 0 aliphatic rings. The molecule has 0 fully saturated rings. The van der Waals surface area contributed by atoms with Crippen LogP contribution in [0, 0.1) is 0 Å². The van der Waals surface area contributed by atoms with Crippen LogP contribution in [0.1, 0.15) is 10.4 Å². The van der Waals surface area contributed by atoms with Crippen molar-refractivity contribution < 1.29 is 22.9 Å². The van der Waals surface area contributed by atoms with Gasteiger partial charge in [0.2, 0.25) is 0 Å². The number of phenolic OH excluding ortho intramolecular Hbond substituents is 1. The molecular formula is C7H6O5S. The summed E-state index contributed by atoms with van der Waals surface area (Å²) in [6.07, 6.45) is 0. The Morgan fingerprint density at radius 3 is 2.23 bits per heavy atom. The number of carbonyl (C=O) groups is 1. The second-order valence-corrected chi connectivity index (χ2v) is 3.60. The van der Waals surface area contributed by atoms with Crippen LogP contribution in [0.4, 0.5) is 0 Å². The molecule has 0 aliphatic heterocycles. The van der Waals surface area contributed by atoms with E-state index < -0.39 is 26.5 Å². The molecule has 0 bridgehead atoms. The maximum absolute atomic E-state index is 10.9. The molecule has 0 amide bonds. The van der Waals surface area contributed by atoms with Gasteiger partial charge in [0.25, 0.3) is 0 Å². The largest absolute Gasteiger partial charge is 0.507 e. The van der Waals surface area contributed by atoms with Crippen LogP contribution in [0.2, 0.25) is 0 Å². The summed E-state index contributed by atoms with van der Waals surface area (Å²) in [7, 11) is -4.78. The fraction of sp³-hybridized carbons (Fsp3) is 0. The molecular weight excluding hydrogens is 196 g/mol. The van der Waals surface area contributed by atoms with E-state index in [-0.39, 0.29) is 0 Å². The Morgan fingerprint density at radius 1 is 1.23 bits per heavy atom. The highest BCUT2D eigenvalue weighted by Crippen LogP contribution is 2.17. The molecule has 0 atom stereocenters. The van der Waals surface area contributed by atoms with Gasteiger partial charge in [0.15, 0.2) is 0 Å². The number of rotatable bonds is 1. The lowest BCUT2D eigenvalue weighted by Crippen LogP contribution is -2.13. The third-order valence-electron chi connectivity index (χ3n) is 1.36. The van der Waals surface area contributed by atoms with Gasteiger partial charge in [-0.05, 0) is 12.1 Å². The van der Waals surface area contributed by atoms with E-state index >= 15 is 0 Å². The van der Waals surface area contributed by atoms with Gasteiger partial charge >= 0.3 is 15.2 Å². The number of phenols is 1. The van der Waals surface area contributed by atoms with E-state index in [0.717, 1.165) is 12.1 Å². The highest BCUT2D eigenvalue weighted by atomic mass is 32.2. The summed E-state index contributed by atoms with van der Waals surface area (Å²) in [5, 5.41) is 7.54. The number of hydrogen-bond donors (Lipinski definition) is 2. The second-order valence-electron chi connectivity index (χ2n) is 2.28. The molecule has 0 radical (unpaired) electrons. The predicted molar refractivity (Wildman–Crippen MR) is 44.0 cm³/mol. The zero-order valence-electron chi connectivity index (χ0n) is 6.34. The van der Waals surface area contributed by atoms with E-state index in [1.165, 1.54) is 12.1 Å². The van der Waals surface area contributed by atoms with E-state index in [4.69, 9.17) is 9.66 Å². The summed E-state index contributed by atoms with van der Waals surface area (Å²) >= 11 is 0. The molecule has 0 heterocycles. The summed E-state index contributed by atoms with van der Waals surface area (Å²) in [5.74, 6) is -0.481. The van der Waals surface area contributed by atoms with Crippen LogP contribution in [0.25, 0.3) is 0 Å². The summed E-state index contributed by atoms with van der Waals surface area (Å²) in [6.45, 7) is 0. The fourth-order valence-electron chi connectivity index (χ4n) is 0.785. The highest BCUT2D eigenvalue weighted by Gasteiger charge is 2.23. The predicted octanol–water partition coefficient (Wildman–Crippen LogP) is 0.420. The van der Waals surface area contributed by atoms with Crippen LogP contribution in [0.3, 0.4) is 0 Å². The average molecular weight is 202 g/mol. The zero-order chi connectivity index (χ0) is 10.1. The summed E-state index contributed by atoms with van der Waals surface area (Å²) < 4.78 is 29.1. The zero-order valence-corrected chi connectivity index (χ0v) is 7.15. The summed E-state index contributed by atoms with van der Waals surface area (Å²) in [4.78, 5) is 10.9. The Kier molecular flexibility index (Phi) is 2.35. The van der Waals surface area contributed by atoms with Crippen molar-refractivity contribution in [3.63, 3.8) is 0 Å². The van der Waals surface area contributed by atoms with Gasteiger partial charge in [-0.1, -0.05) is 12.1 Å². The van der Waals surface area contributed by atoms with Gasteiger partial charge in [-0.2, -0.15) is 8.42 Å². The first-order valence-electron chi connectivity index (χ1n) is 3.23. The van der Waals surface area contributed by atoms with E-state index in [9.17, 15) is 13.2 Å². The van der Waals surface area contributed by atoms with Gasteiger partial charge in [0, 0.05) is 0 Å². The number of hydrogen-bond acceptors (Lipinski definition) is 4. The Hall–Kier alpha value is -1.40. The molecule has 2 N–H and O–H groups in total. The van der Waals surface area contributed by atoms with Crippen LogP contribution < -0.4 is 0 Å². The lowest BCUT2D eigenvalue weighted by Gasteiger charge is -1.99. The van der Waals surface area contributed by atoms with Gasteiger partial charge < -0.3 is 5.11 Å². The van der Waals surface area contributed by atoms with Crippen molar-refractivity contribution in [1.29, 1.82) is 0 Å². The van der Waals surface area contributed by atoms with Crippen LogP contribution in [0.5, 0.6) is 5.75 Å². The number of aromatic hydroxyl groups is 1. The Labute approximate surface area is 74.4 Å². The first-order chi connectivity index (χ1) is 5.93. The molecule has 13 heavy (non-hydrogen) atoms. The first kappa shape index (κ1) is 9.69. The van der Waals surface area contributed by atoms with Crippen molar-refractivity contribution >= 4 is 15.2 Å². The summed E-state index contributed by atoms with van der Waals surface area (Å²) in [6, 6.07) is 5.05. The van der Waals surface area contributed by atoms with Crippen LogP contribution in [-0.4, -0.2) is 23.2 Å². The average Bonchev–Trinajstić information content (AvgIpc) is 2.02. The summed E-state index contributed by atoms with van der Waals surface area (Å²) in [5.41, 5.74) is -0.440. The Balaban J connectivity index is 3.26. The number of para-hydroxylation sites is 1. The van der Waals surface area contributed by atoms with Gasteiger partial charge in [-0.3, -0.25) is 9.35 Å². The van der Waals surface area contributed by atoms with Gasteiger partial charge in [-0.15, -0.1) is 0 Å². The molecule has 0 aromatic heterocycles. The Morgan fingerprint density at radius 2 is 1.77 bits per heavy atom. The molecule has 70 valence electrons. The van der Waals surface area contributed by atoms with Crippen molar-refractivity contribution in [2.75, 3.05) is 0 Å². The molecule has 0 saturated carbocycles. The molecule has 1 rings (SSSR count). The molecule has 0 aliphatic carbocycles. The minimum atomic E-state index is -4.78. The van der Waals surface area contributed by atoms with Crippen molar-refractivity contribution in [1.82, 2.24) is 0 Å². The second kappa shape index (κ2) is 3.15. The standard InChI is InChI=1S/C7H6O5S/c8-6-4-2-1-3-5(6)7(9)13(10,11)12/h1-4,8H,(H,10,11,12). The van der Waals surface area contributed by atoms with Gasteiger partial charge in [0.05, 0.1) is 5.56 Å². The van der Waals surface area contributed by atoms with Crippen molar-refractivity contribution in [3.05, 3.63) is 29.8 Å². The molecule has 0 unspecified atom stereocenters. The SMILES string of the molecule is O=C(c1ccccc1O)S(=O)(=O)O. The maximum Gasteiger partial charge on any atom is 0.333 e. The topological polar surface area (TPSA) is 91.7 Å². The highest BCUT2D eigenvalue weighted by molar-refractivity contribution is 8.01. The minimum Gasteiger partial charge on any atom is -0.507 e. The van der Waals surface area contributed by atoms with Crippen molar-refractivity contribution in [2.24, 2.45) is 0 Å². The van der Waals surface area contributed by atoms with Crippen molar-refractivity contribution in [2.45, 2.75) is 0 Å². The molecule has 5 nitrogen and oxygen atoms in total. The van der Waals surface area contributed by atoms with E-state index in [0.29, 0.717) is 0 Å². The molecule has 0 spiro atoms. The molecule has 1 aromatic carbocycles. The monoisotopic (exact) mass is 202 g/mol. The Bertz CT molecular complexity index is 434. The fourth-order valence-corrected chi connectivity index (χ4v) is 1.24. The molecule has 1 aromatic rings. The lowest BCUT2D eigenvalue weighted by molar-refractivity contribution is 0.106. The first-order valence-corrected chi connectivity index (χ1v) is 4.67. The minimum absolute atomic E-state index is 0.440. The van der Waals surface area contributed by atoms with Gasteiger partial charge in [0.1, 0.15) is 5.75 Å². The third-order valence-corrected chi connectivity index (χ3v) is 2.05. The van der Waals surface area contributed by atoms with E-state index in [2.05, 4.69) is 0 Å². The normalized spacial score (nSPS) is 11.2. The van der Waals surface area contributed by atoms with Crippen LogP contribution in [0.15, 0.2) is 24.3 Å². The van der Waals surface area contributed by atoms with E-state index in [1.54, 1.807) is 0 Å². The number of carbonyl (C=O) groups excluding carboxylic acids is 1. The lowest BCUT2D eigenvalue weighted by atomic mass is 10.2. The smallest absolute Gasteiger partial charge is 0.333 e. The molecule has 0 saturated heterocycles. The van der Waals surface area contributed by atoms with Crippen LogP contribution in [-0.2, 0) is 10.1 Å². The number of benzene rings is 1. The molecule has 6 heteroatoms. The third kappa shape index (κ3) is 2.04. The quantitative estimate of drug-likeness (QED) is 0.644. The van der Waals surface area contributed by atoms with Crippen molar-refractivity contribution in [3.8, 4) is 5.75 Å². The van der Waals surface area contributed by atoms with Crippen LogP contribution >= 0.6 is 0 Å². The van der Waals surface area contributed by atoms with E-state index in [1.807, 2.05) is 0 Å². The maximum atomic E-state index is 10.9.